The van der Waals surface area contributed by atoms with E-state index in [0.29, 0.717) is 36.3 Å². The normalized spacial score (nSPS) is 17.4. The molecule has 140 valence electrons. The zero-order valence-corrected chi connectivity index (χ0v) is 15.6. The fourth-order valence-corrected chi connectivity index (χ4v) is 2.86. The van der Waals surface area contributed by atoms with Gasteiger partial charge in [0.15, 0.2) is 5.82 Å². The van der Waals surface area contributed by atoms with Crippen LogP contribution < -0.4 is 4.74 Å². The van der Waals surface area contributed by atoms with Gasteiger partial charge in [0, 0.05) is 12.7 Å². The van der Waals surface area contributed by atoms with Crippen LogP contribution in [0.15, 0.2) is 22.9 Å². The molecular formula is C18H24N4O4. The van der Waals surface area contributed by atoms with Gasteiger partial charge in [0.1, 0.15) is 11.2 Å². The Labute approximate surface area is 152 Å². The van der Waals surface area contributed by atoms with Crippen molar-refractivity contribution >= 4 is 6.09 Å². The van der Waals surface area contributed by atoms with Gasteiger partial charge in [0.2, 0.25) is 5.88 Å². The van der Waals surface area contributed by atoms with E-state index in [1.54, 1.807) is 17.2 Å². The van der Waals surface area contributed by atoms with E-state index < -0.39 is 5.60 Å². The summed E-state index contributed by atoms with van der Waals surface area (Å²) in [7, 11) is 0. The molecule has 0 saturated carbocycles. The summed E-state index contributed by atoms with van der Waals surface area (Å²) in [5.41, 5.74) is 0.0873. The van der Waals surface area contributed by atoms with Crippen LogP contribution in [0.4, 0.5) is 4.79 Å². The molecule has 26 heavy (non-hydrogen) atoms. The molecule has 1 saturated heterocycles. The van der Waals surface area contributed by atoms with E-state index in [-0.39, 0.29) is 12.1 Å². The molecule has 0 radical (unpaired) electrons. The smallest absolute Gasteiger partial charge is 0.410 e. The molecule has 1 unspecified atom stereocenters. The highest BCUT2D eigenvalue weighted by molar-refractivity contribution is 5.69. The van der Waals surface area contributed by atoms with Crippen molar-refractivity contribution in [1.29, 1.82) is 0 Å². The predicted octanol–water partition coefficient (Wildman–Crippen LogP) is 3.60. The maximum Gasteiger partial charge on any atom is 0.410 e. The number of pyridine rings is 1. The van der Waals surface area contributed by atoms with Crippen LogP contribution in [0.1, 0.15) is 52.4 Å². The zero-order chi connectivity index (χ0) is 18.7. The number of carbonyl (C=O) groups excluding carboxylic acids is 1. The fraction of sp³-hybridized carbons (Fsp3) is 0.556. The Morgan fingerprint density at radius 1 is 1.42 bits per heavy atom. The van der Waals surface area contributed by atoms with E-state index in [1.807, 2.05) is 33.8 Å². The summed E-state index contributed by atoms with van der Waals surface area (Å²) in [6.45, 7) is 8.52. The summed E-state index contributed by atoms with van der Waals surface area (Å²) in [6.07, 6.45) is 2.92. The number of amides is 1. The zero-order valence-electron chi connectivity index (χ0n) is 15.6. The Hall–Kier alpha value is -2.64. The van der Waals surface area contributed by atoms with Crippen LogP contribution in [-0.2, 0) is 4.74 Å². The van der Waals surface area contributed by atoms with E-state index in [4.69, 9.17) is 14.0 Å². The van der Waals surface area contributed by atoms with Crippen molar-refractivity contribution in [3.05, 3.63) is 24.2 Å². The molecule has 0 aromatic carbocycles. The largest absolute Gasteiger partial charge is 0.477 e. The van der Waals surface area contributed by atoms with Gasteiger partial charge in [-0.2, -0.15) is 4.98 Å². The standard InChI is InChI=1S/C18H24N4O4/c1-5-24-15-12(8-6-10-19-15)16-20-14(21-26-16)13-9-7-11-22(13)17(23)25-18(2,3)4/h6,8,10,13H,5,7,9,11H2,1-4H3. The quantitative estimate of drug-likeness (QED) is 0.822. The summed E-state index contributed by atoms with van der Waals surface area (Å²) in [4.78, 5) is 22.8. The number of carbonyl (C=O) groups is 1. The van der Waals surface area contributed by atoms with Crippen LogP contribution in [0.2, 0.25) is 0 Å². The number of hydrogen-bond acceptors (Lipinski definition) is 7. The second-order valence-electron chi connectivity index (χ2n) is 7.08. The Kier molecular flexibility index (Phi) is 5.11. The summed E-state index contributed by atoms with van der Waals surface area (Å²) >= 11 is 0. The molecule has 8 heteroatoms. The van der Waals surface area contributed by atoms with Gasteiger partial charge in [0.25, 0.3) is 5.89 Å². The fourth-order valence-electron chi connectivity index (χ4n) is 2.86. The van der Waals surface area contributed by atoms with Crippen LogP contribution in [0.25, 0.3) is 11.5 Å². The Morgan fingerprint density at radius 3 is 2.96 bits per heavy atom. The van der Waals surface area contributed by atoms with Crippen molar-refractivity contribution in [2.24, 2.45) is 0 Å². The first-order valence-electron chi connectivity index (χ1n) is 8.80. The second kappa shape index (κ2) is 7.31. The summed E-state index contributed by atoms with van der Waals surface area (Å²) in [6, 6.07) is 3.34. The SMILES string of the molecule is CCOc1ncccc1-c1nc(C2CCCN2C(=O)OC(C)(C)C)no1. The predicted molar refractivity (Wildman–Crippen MR) is 93.6 cm³/mol. The molecular weight excluding hydrogens is 336 g/mol. The molecule has 2 aromatic rings. The van der Waals surface area contributed by atoms with Crippen molar-refractivity contribution in [3.63, 3.8) is 0 Å². The Bertz CT molecular complexity index is 769. The number of rotatable bonds is 4. The molecule has 0 bridgehead atoms. The Morgan fingerprint density at radius 2 is 2.23 bits per heavy atom. The van der Waals surface area contributed by atoms with Crippen LogP contribution in [0, 0.1) is 0 Å². The highest BCUT2D eigenvalue weighted by atomic mass is 16.6. The van der Waals surface area contributed by atoms with Crippen LogP contribution in [0.5, 0.6) is 5.88 Å². The summed E-state index contributed by atoms with van der Waals surface area (Å²) < 4.78 is 16.4. The lowest BCUT2D eigenvalue weighted by molar-refractivity contribution is 0.0217. The Balaban J connectivity index is 1.82. The molecule has 0 spiro atoms. The number of hydrogen-bond donors (Lipinski definition) is 0. The number of nitrogens with zero attached hydrogens (tertiary/aromatic N) is 4. The lowest BCUT2D eigenvalue weighted by Crippen LogP contribution is -2.36. The lowest BCUT2D eigenvalue weighted by Gasteiger charge is -2.27. The van der Waals surface area contributed by atoms with Gasteiger partial charge in [-0.05, 0) is 52.7 Å². The van der Waals surface area contributed by atoms with Crippen LogP contribution in [-0.4, -0.2) is 44.9 Å². The molecule has 0 aliphatic carbocycles. The minimum atomic E-state index is -0.547. The van der Waals surface area contributed by atoms with Crippen molar-refractivity contribution in [3.8, 4) is 17.3 Å². The molecule has 8 nitrogen and oxygen atoms in total. The number of aromatic nitrogens is 3. The molecule has 3 rings (SSSR count). The van der Waals surface area contributed by atoms with Gasteiger partial charge in [-0.1, -0.05) is 5.16 Å². The van der Waals surface area contributed by atoms with E-state index in [1.165, 1.54) is 0 Å². The van der Waals surface area contributed by atoms with E-state index >= 15 is 0 Å². The topological polar surface area (TPSA) is 90.6 Å². The van der Waals surface area contributed by atoms with Gasteiger partial charge >= 0.3 is 6.09 Å². The third kappa shape index (κ3) is 3.95. The highest BCUT2D eigenvalue weighted by Crippen LogP contribution is 2.34. The minimum absolute atomic E-state index is 0.255. The van der Waals surface area contributed by atoms with Gasteiger partial charge in [0.05, 0.1) is 12.6 Å². The van der Waals surface area contributed by atoms with E-state index in [9.17, 15) is 4.79 Å². The first kappa shape index (κ1) is 18.2. The van der Waals surface area contributed by atoms with Crippen LogP contribution >= 0.6 is 0 Å². The van der Waals surface area contributed by atoms with Gasteiger partial charge < -0.3 is 14.0 Å². The number of likely N-dealkylation sites (tertiary alicyclic amines) is 1. The molecule has 0 N–H and O–H groups in total. The van der Waals surface area contributed by atoms with Crippen molar-refractivity contribution < 1.29 is 18.8 Å². The molecule has 1 aliphatic heterocycles. The third-order valence-corrected chi connectivity index (χ3v) is 3.90. The van der Waals surface area contributed by atoms with Gasteiger partial charge in [-0.3, -0.25) is 4.90 Å². The molecule has 1 atom stereocenters. The monoisotopic (exact) mass is 360 g/mol. The highest BCUT2D eigenvalue weighted by Gasteiger charge is 2.36. The van der Waals surface area contributed by atoms with Crippen molar-refractivity contribution in [2.45, 2.75) is 52.2 Å². The van der Waals surface area contributed by atoms with Crippen LogP contribution in [0.3, 0.4) is 0 Å². The summed E-state index contributed by atoms with van der Waals surface area (Å²) in [5.74, 6) is 1.24. The summed E-state index contributed by atoms with van der Waals surface area (Å²) in [5, 5.41) is 4.09. The molecule has 1 amide bonds. The van der Waals surface area contributed by atoms with Crippen molar-refractivity contribution in [1.82, 2.24) is 20.0 Å². The molecule has 3 heterocycles. The van der Waals surface area contributed by atoms with E-state index in [2.05, 4.69) is 15.1 Å². The maximum atomic E-state index is 12.4. The average Bonchev–Trinajstić information content (AvgIpc) is 3.23. The van der Waals surface area contributed by atoms with Crippen molar-refractivity contribution in [2.75, 3.05) is 13.2 Å². The molecule has 1 fully saturated rings. The molecule has 1 aliphatic rings. The van der Waals surface area contributed by atoms with E-state index in [0.717, 1.165) is 12.8 Å². The van der Waals surface area contributed by atoms with Gasteiger partial charge in [-0.15, -0.1) is 0 Å². The maximum absolute atomic E-state index is 12.4. The number of ether oxygens (including phenoxy) is 2. The first-order valence-corrected chi connectivity index (χ1v) is 8.80. The molecule has 2 aromatic heterocycles. The third-order valence-electron chi connectivity index (χ3n) is 3.90. The minimum Gasteiger partial charge on any atom is -0.477 e. The second-order valence-corrected chi connectivity index (χ2v) is 7.08. The van der Waals surface area contributed by atoms with Gasteiger partial charge in [-0.25, -0.2) is 9.78 Å². The lowest BCUT2D eigenvalue weighted by atomic mass is 10.2. The average molecular weight is 360 g/mol. The first-order chi connectivity index (χ1) is 12.4.